The van der Waals surface area contributed by atoms with Crippen LogP contribution in [0.25, 0.3) is 10.7 Å². The molecule has 6 nitrogen and oxygen atoms in total. The number of nitrogens with zero attached hydrogens (tertiary/aromatic N) is 4. The highest BCUT2D eigenvalue weighted by atomic mass is 35.5. The number of hydrogen-bond acceptors (Lipinski definition) is 5. The number of carboxylic acid groups (broad SMARTS) is 1. The molecule has 2 aromatic heterocycles. The van der Waals surface area contributed by atoms with E-state index in [9.17, 15) is 4.79 Å². The molecule has 0 saturated heterocycles. The van der Waals surface area contributed by atoms with Crippen molar-refractivity contribution in [3.8, 4) is 10.7 Å². The molecule has 0 amide bonds. The molecule has 1 aliphatic rings. The zero-order valence-corrected chi connectivity index (χ0v) is 10.8. The van der Waals surface area contributed by atoms with Crippen LogP contribution >= 0.6 is 22.9 Å². The molecule has 1 aliphatic carbocycles. The van der Waals surface area contributed by atoms with Crippen molar-refractivity contribution < 1.29 is 9.90 Å². The fourth-order valence-corrected chi connectivity index (χ4v) is 2.83. The molecule has 0 spiro atoms. The second-order valence-corrected chi connectivity index (χ2v) is 6.06. The molecule has 0 atom stereocenters. The molecular weight excluding hydrogens is 276 g/mol. The molecule has 0 radical (unpaired) electrons. The van der Waals surface area contributed by atoms with Crippen LogP contribution in [-0.4, -0.2) is 31.3 Å². The molecule has 0 aromatic carbocycles. The van der Waals surface area contributed by atoms with Gasteiger partial charge in [0.2, 0.25) is 0 Å². The zero-order valence-electron chi connectivity index (χ0n) is 9.21. The van der Waals surface area contributed by atoms with Gasteiger partial charge in [0.15, 0.2) is 5.82 Å². The molecule has 1 N–H and O–H groups in total. The second-order valence-electron chi connectivity index (χ2n) is 4.35. The maximum absolute atomic E-state index is 11.2. The Morgan fingerprint density at radius 3 is 2.89 bits per heavy atom. The van der Waals surface area contributed by atoms with Crippen molar-refractivity contribution in [1.82, 2.24) is 20.2 Å². The smallest absolute Gasteiger partial charge is 0.311 e. The molecule has 2 aromatic rings. The van der Waals surface area contributed by atoms with Gasteiger partial charge in [-0.05, 0) is 35.4 Å². The maximum Gasteiger partial charge on any atom is 0.311 e. The Morgan fingerprint density at radius 2 is 2.33 bits per heavy atom. The number of carbonyl (C=O) groups is 1. The zero-order chi connectivity index (χ0) is 12.8. The lowest BCUT2D eigenvalue weighted by Crippen LogP contribution is -2.22. The van der Waals surface area contributed by atoms with Gasteiger partial charge in [-0.1, -0.05) is 11.6 Å². The van der Waals surface area contributed by atoms with Crippen LogP contribution in [-0.2, 0) is 11.3 Å². The van der Waals surface area contributed by atoms with Crippen LogP contribution in [0.15, 0.2) is 12.1 Å². The van der Waals surface area contributed by atoms with Crippen LogP contribution in [0.3, 0.4) is 0 Å². The van der Waals surface area contributed by atoms with Gasteiger partial charge in [0, 0.05) is 0 Å². The number of aromatic nitrogens is 4. The first-order valence-electron chi connectivity index (χ1n) is 5.36. The van der Waals surface area contributed by atoms with Gasteiger partial charge in [0.1, 0.15) is 0 Å². The van der Waals surface area contributed by atoms with Crippen molar-refractivity contribution >= 4 is 28.9 Å². The van der Waals surface area contributed by atoms with E-state index in [4.69, 9.17) is 16.7 Å². The van der Waals surface area contributed by atoms with Crippen LogP contribution in [0.2, 0.25) is 4.34 Å². The highest BCUT2D eigenvalue weighted by molar-refractivity contribution is 7.19. The van der Waals surface area contributed by atoms with Gasteiger partial charge in [0.25, 0.3) is 0 Å². The average Bonchev–Trinajstić information content (AvgIpc) is 2.76. The minimum absolute atomic E-state index is 0.306. The van der Waals surface area contributed by atoms with E-state index in [1.807, 2.05) is 6.07 Å². The molecule has 2 heterocycles. The van der Waals surface area contributed by atoms with E-state index in [1.54, 1.807) is 10.7 Å². The van der Waals surface area contributed by atoms with Crippen LogP contribution in [0.1, 0.15) is 12.8 Å². The molecular formula is C10H9ClN4O2S. The molecule has 18 heavy (non-hydrogen) atoms. The van der Waals surface area contributed by atoms with Crippen molar-refractivity contribution in [2.75, 3.05) is 0 Å². The maximum atomic E-state index is 11.2. The predicted molar refractivity (Wildman–Crippen MR) is 65.4 cm³/mol. The summed E-state index contributed by atoms with van der Waals surface area (Å²) in [4.78, 5) is 12.0. The Kier molecular flexibility index (Phi) is 2.60. The Hall–Kier alpha value is -1.47. The summed E-state index contributed by atoms with van der Waals surface area (Å²) < 4.78 is 2.20. The quantitative estimate of drug-likeness (QED) is 0.928. The van der Waals surface area contributed by atoms with Gasteiger partial charge in [-0.25, -0.2) is 4.68 Å². The van der Waals surface area contributed by atoms with Crippen molar-refractivity contribution in [3.05, 3.63) is 16.5 Å². The van der Waals surface area contributed by atoms with E-state index in [1.165, 1.54) is 11.3 Å². The Balaban J connectivity index is 1.91. The lowest BCUT2D eigenvalue weighted by Gasteiger charge is -2.09. The minimum Gasteiger partial charge on any atom is -0.481 e. The number of thiophene rings is 1. The third-order valence-electron chi connectivity index (χ3n) is 3.09. The summed E-state index contributed by atoms with van der Waals surface area (Å²) >= 11 is 7.24. The van der Waals surface area contributed by atoms with Crippen molar-refractivity contribution in [2.45, 2.75) is 19.4 Å². The van der Waals surface area contributed by atoms with E-state index in [-0.39, 0.29) is 0 Å². The monoisotopic (exact) mass is 284 g/mol. The Bertz CT molecular complexity index is 605. The topological polar surface area (TPSA) is 80.9 Å². The highest BCUT2D eigenvalue weighted by Crippen LogP contribution is 2.47. The van der Waals surface area contributed by atoms with Gasteiger partial charge < -0.3 is 5.11 Å². The van der Waals surface area contributed by atoms with Crippen molar-refractivity contribution in [1.29, 1.82) is 0 Å². The Labute approximate surface area is 111 Å². The largest absolute Gasteiger partial charge is 0.481 e. The molecule has 3 rings (SSSR count). The SMILES string of the molecule is O=C(O)C1(Cn2nnnc2-c2ccc(Cl)s2)CC1. The molecule has 1 fully saturated rings. The fourth-order valence-electron chi connectivity index (χ4n) is 1.80. The van der Waals surface area contributed by atoms with Crippen LogP contribution < -0.4 is 0 Å². The molecule has 0 aliphatic heterocycles. The van der Waals surface area contributed by atoms with E-state index in [0.717, 1.165) is 4.88 Å². The molecule has 0 unspecified atom stereocenters. The lowest BCUT2D eigenvalue weighted by molar-refractivity contribution is -0.144. The van der Waals surface area contributed by atoms with Crippen LogP contribution in [0.5, 0.6) is 0 Å². The summed E-state index contributed by atoms with van der Waals surface area (Å²) in [6.45, 7) is 0.306. The number of hydrogen-bond donors (Lipinski definition) is 1. The third-order valence-corrected chi connectivity index (χ3v) is 4.31. The van der Waals surface area contributed by atoms with Crippen molar-refractivity contribution in [3.63, 3.8) is 0 Å². The lowest BCUT2D eigenvalue weighted by atomic mass is 10.1. The van der Waals surface area contributed by atoms with Crippen molar-refractivity contribution in [2.24, 2.45) is 5.41 Å². The van der Waals surface area contributed by atoms with Gasteiger partial charge >= 0.3 is 5.97 Å². The fraction of sp³-hybridized carbons (Fsp3) is 0.400. The van der Waals surface area contributed by atoms with E-state index >= 15 is 0 Å². The summed E-state index contributed by atoms with van der Waals surface area (Å²) in [5.41, 5.74) is -0.689. The third kappa shape index (κ3) is 1.89. The average molecular weight is 285 g/mol. The standard InChI is InChI=1S/C10H9ClN4O2S/c11-7-2-1-6(18-7)8-12-13-14-15(8)5-10(3-4-10)9(16)17/h1-2H,3-5H2,(H,16,17). The van der Waals surface area contributed by atoms with Gasteiger partial charge in [-0.15, -0.1) is 16.4 Å². The van der Waals surface area contributed by atoms with E-state index < -0.39 is 11.4 Å². The van der Waals surface area contributed by atoms with Gasteiger partial charge in [-0.3, -0.25) is 4.79 Å². The number of aliphatic carboxylic acids is 1. The first-order chi connectivity index (χ1) is 8.61. The number of tetrazole rings is 1. The predicted octanol–water partition coefficient (Wildman–Crippen LogP) is 1.92. The summed E-state index contributed by atoms with van der Waals surface area (Å²) in [6, 6.07) is 3.60. The summed E-state index contributed by atoms with van der Waals surface area (Å²) in [5, 5.41) is 20.6. The second kappa shape index (κ2) is 4.03. The number of carboxylic acids is 1. The molecule has 0 bridgehead atoms. The first-order valence-corrected chi connectivity index (χ1v) is 6.55. The molecule has 94 valence electrons. The summed E-state index contributed by atoms with van der Waals surface area (Å²) in [5.74, 6) is -0.215. The van der Waals surface area contributed by atoms with E-state index in [0.29, 0.717) is 29.5 Å². The highest BCUT2D eigenvalue weighted by Gasteiger charge is 2.51. The summed E-state index contributed by atoms with van der Waals surface area (Å²) in [7, 11) is 0. The summed E-state index contributed by atoms with van der Waals surface area (Å²) in [6.07, 6.45) is 1.35. The normalized spacial score (nSPS) is 16.7. The van der Waals surface area contributed by atoms with Gasteiger partial charge in [-0.2, -0.15) is 0 Å². The van der Waals surface area contributed by atoms with Gasteiger partial charge in [0.05, 0.1) is 21.2 Å². The first kappa shape index (κ1) is 11.6. The van der Waals surface area contributed by atoms with Crippen LogP contribution in [0, 0.1) is 5.41 Å². The Morgan fingerprint density at radius 1 is 1.56 bits per heavy atom. The molecule has 8 heteroatoms. The van der Waals surface area contributed by atoms with Crippen LogP contribution in [0.4, 0.5) is 0 Å². The van der Waals surface area contributed by atoms with E-state index in [2.05, 4.69) is 15.5 Å². The number of halogens is 1. The molecule has 1 saturated carbocycles. The minimum atomic E-state index is -0.784. The number of rotatable bonds is 4.